The highest BCUT2D eigenvalue weighted by Crippen LogP contribution is 2.32. The van der Waals surface area contributed by atoms with Crippen LogP contribution in [0.25, 0.3) is 0 Å². The summed E-state index contributed by atoms with van der Waals surface area (Å²) < 4.78 is 19.7. The van der Waals surface area contributed by atoms with Gasteiger partial charge in [0.15, 0.2) is 17.4 Å². The first-order valence-corrected chi connectivity index (χ1v) is 6.52. The highest BCUT2D eigenvalue weighted by Gasteiger charge is 2.09. The zero-order valence-corrected chi connectivity index (χ0v) is 12.2. The van der Waals surface area contributed by atoms with Gasteiger partial charge in [-0.2, -0.15) is 0 Å². The molecule has 0 fully saturated rings. The van der Waals surface area contributed by atoms with E-state index in [0.717, 1.165) is 5.56 Å². The van der Waals surface area contributed by atoms with Crippen molar-refractivity contribution in [1.29, 1.82) is 0 Å². The molecule has 4 nitrogen and oxygen atoms in total. The average Bonchev–Trinajstić information content (AvgIpc) is 2.44. The Hall–Kier alpha value is -2.08. The van der Waals surface area contributed by atoms with Gasteiger partial charge in [0.1, 0.15) is 5.75 Å². The SMILES string of the molecule is Cc1ccc(F)c(Oc2ccc(/C(N)=N/O)cc2Br)c1. The van der Waals surface area contributed by atoms with E-state index >= 15 is 0 Å². The summed E-state index contributed by atoms with van der Waals surface area (Å²) in [5.74, 6) is 0.119. The second-order valence-corrected chi connectivity index (χ2v) is 5.02. The third kappa shape index (κ3) is 3.08. The number of oxime groups is 1. The van der Waals surface area contributed by atoms with Gasteiger partial charge in [-0.05, 0) is 58.7 Å². The smallest absolute Gasteiger partial charge is 0.170 e. The highest BCUT2D eigenvalue weighted by atomic mass is 79.9. The van der Waals surface area contributed by atoms with E-state index in [1.54, 1.807) is 30.3 Å². The van der Waals surface area contributed by atoms with Gasteiger partial charge in [0.25, 0.3) is 0 Å². The minimum atomic E-state index is -0.442. The standard InChI is InChI=1S/C14H12BrFN2O2/c1-8-2-4-11(16)13(6-8)20-12-5-3-9(7-10(12)15)14(17)18-19/h2-7,19H,1H3,(H2,17,18). The Morgan fingerprint density at radius 2 is 2.00 bits per heavy atom. The molecule has 2 rings (SSSR count). The van der Waals surface area contributed by atoms with Crippen molar-refractivity contribution in [3.63, 3.8) is 0 Å². The molecule has 0 aliphatic carbocycles. The van der Waals surface area contributed by atoms with Gasteiger partial charge in [0, 0.05) is 5.56 Å². The van der Waals surface area contributed by atoms with E-state index in [4.69, 9.17) is 15.7 Å². The number of benzene rings is 2. The molecule has 0 radical (unpaired) electrons. The first-order chi connectivity index (χ1) is 9.51. The summed E-state index contributed by atoms with van der Waals surface area (Å²) in [6, 6.07) is 9.47. The van der Waals surface area contributed by atoms with Crippen LogP contribution >= 0.6 is 15.9 Å². The predicted molar refractivity (Wildman–Crippen MR) is 77.9 cm³/mol. The average molecular weight is 339 g/mol. The van der Waals surface area contributed by atoms with E-state index in [9.17, 15) is 4.39 Å². The monoisotopic (exact) mass is 338 g/mol. The number of aryl methyl sites for hydroxylation is 1. The Balaban J connectivity index is 2.33. The van der Waals surface area contributed by atoms with Crippen LogP contribution in [0.2, 0.25) is 0 Å². The van der Waals surface area contributed by atoms with Crippen molar-refractivity contribution in [2.45, 2.75) is 6.92 Å². The summed E-state index contributed by atoms with van der Waals surface area (Å²) in [5, 5.41) is 11.5. The quantitative estimate of drug-likeness (QED) is 0.387. The molecule has 104 valence electrons. The van der Waals surface area contributed by atoms with Gasteiger partial charge in [-0.15, -0.1) is 0 Å². The lowest BCUT2D eigenvalue weighted by Crippen LogP contribution is -2.12. The van der Waals surface area contributed by atoms with E-state index in [-0.39, 0.29) is 11.6 Å². The van der Waals surface area contributed by atoms with Crippen molar-refractivity contribution < 1.29 is 14.3 Å². The second kappa shape index (κ2) is 5.92. The molecule has 2 aromatic rings. The molecule has 0 unspecified atom stereocenters. The van der Waals surface area contributed by atoms with Crippen LogP contribution in [0.3, 0.4) is 0 Å². The van der Waals surface area contributed by atoms with Crippen LogP contribution in [-0.4, -0.2) is 11.0 Å². The molecule has 3 N–H and O–H groups in total. The summed E-state index contributed by atoms with van der Waals surface area (Å²) in [6.45, 7) is 1.85. The lowest BCUT2D eigenvalue weighted by atomic mass is 10.2. The molecule has 0 amide bonds. The van der Waals surface area contributed by atoms with Crippen LogP contribution in [0.1, 0.15) is 11.1 Å². The van der Waals surface area contributed by atoms with Gasteiger partial charge in [-0.25, -0.2) is 4.39 Å². The van der Waals surface area contributed by atoms with Gasteiger partial charge in [0.2, 0.25) is 0 Å². The molecule has 0 spiro atoms. The summed E-state index contributed by atoms with van der Waals surface area (Å²) in [6.07, 6.45) is 0. The maximum atomic E-state index is 13.6. The van der Waals surface area contributed by atoms with Crippen molar-refractivity contribution >= 4 is 21.8 Å². The van der Waals surface area contributed by atoms with Crippen LogP contribution < -0.4 is 10.5 Å². The number of rotatable bonds is 3. The van der Waals surface area contributed by atoms with Crippen LogP contribution in [0, 0.1) is 12.7 Å². The number of nitrogens with zero attached hydrogens (tertiary/aromatic N) is 1. The zero-order chi connectivity index (χ0) is 14.7. The lowest BCUT2D eigenvalue weighted by Gasteiger charge is -2.10. The van der Waals surface area contributed by atoms with E-state index < -0.39 is 5.82 Å². The summed E-state index contributed by atoms with van der Waals surface area (Å²) in [5.41, 5.74) is 6.91. The molecule has 0 saturated carbocycles. The Kier molecular flexibility index (Phi) is 4.24. The Labute approximate surface area is 123 Å². The lowest BCUT2D eigenvalue weighted by molar-refractivity contribution is 0.318. The Bertz CT molecular complexity index is 674. The van der Waals surface area contributed by atoms with Gasteiger partial charge >= 0.3 is 0 Å². The molecule has 0 bridgehead atoms. The van der Waals surface area contributed by atoms with Crippen molar-refractivity contribution in [1.82, 2.24) is 0 Å². The highest BCUT2D eigenvalue weighted by molar-refractivity contribution is 9.10. The topological polar surface area (TPSA) is 67.8 Å². The number of hydrogen-bond donors (Lipinski definition) is 2. The molecule has 0 aliphatic rings. The van der Waals surface area contributed by atoms with Crippen molar-refractivity contribution in [3.8, 4) is 11.5 Å². The van der Waals surface area contributed by atoms with Crippen LogP contribution in [0.5, 0.6) is 11.5 Å². The van der Waals surface area contributed by atoms with Gasteiger partial charge in [0.05, 0.1) is 4.47 Å². The number of hydrogen-bond acceptors (Lipinski definition) is 3. The Morgan fingerprint density at radius 3 is 2.65 bits per heavy atom. The number of amidine groups is 1. The minimum Gasteiger partial charge on any atom is -0.453 e. The maximum Gasteiger partial charge on any atom is 0.170 e. The molecular formula is C14H12BrFN2O2. The molecule has 0 atom stereocenters. The fraction of sp³-hybridized carbons (Fsp3) is 0.0714. The summed E-state index contributed by atoms with van der Waals surface area (Å²) in [7, 11) is 0. The predicted octanol–water partition coefficient (Wildman–Crippen LogP) is 3.78. The molecular weight excluding hydrogens is 327 g/mol. The maximum absolute atomic E-state index is 13.6. The van der Waals surface area contributed by atoms with Crippen LogP contribution in [0.4, 0.5) is 4.39 Å². The fourth-order valence-corrected chi connectivity index (χ4v) is 2.07. The first kappa shape index (κ1) is 14.3. The largest absolute Gasteiger partial charge is 0.453 e. The van der Waals surface area contributed by atoms with Crippen molar-refractivity contribution in [2.24, 2.45) is 10.9 Å². The number of halogens is 2. The summed E-state index contributed by atoms with van der Waals surface area (Å²) >= 11 is 3.31. The Morgan fingerprint density at radius 1 is 1.25 bits per heavy atom. The van der Waals surface area contributed by atoms with Crippen molar-refractivity contribution in [3.05, 3.63) is 57.8 Å². The van der Waals surface area contributed by atoms with Crippen LogP contribution in [-0.2, 0) is 0 Å². The minimum absolute atomic E-state index is 0.0148. The van der Waals surface area contributed by atoms with Crippen molar-refractivity contribution in [2.75, 3.05) is 0 Å². The molecule has 2 aromatic carbocycles. The van der Waals surface area contributed by atoms with E-state index in [0.29, 0.717) is 15.8 Å². The molecule has 0 saturated heterocycles. The third-order valence-corrected chi connectivity index (χ3v) is 3.26. The van der Waals surface area contributed by atoms with E-state index in [1.807, 2.05) is 6.92 Å². The van der Waals surface area contributed by atoms with Gasteiger partial charge in [-0.1, -0.05) is 11.2 Å². The van der Waals surface area contributed by atoms with E-state index in [2.05, 4.69) is 21.1 Å². The second-order valence-electron chi connectivity index (χ2n) is 4.17. The molecule has 0 aliphatic heterocycles. The van der Waals surface area contributed by atoms with Gasteiger partial charge < -0.3 is 15.7 Å². The van der Waals surface area contributed by atoms with Gasteiger partial charge in [-0.3, -0.25) is 0 Å². The molecule has 0 aromatic heterocycles. The zero-order valence-electron chi connectivity index (χ0n) is 10.6. The number of nitrogens with two attached hydrogens (primary N) is 1. The molecule has 20 heavy (non-hydrogen) atoms. The first-order valence-electron chi connectivity index (χ1n) is 5.72. The van der Waals surface area contributed by atoms with Crippen LogP contribution in [0.15, 0.2) is 46.0 Å². The third-order valence-electron chi connectivity index (χ3n) is 2.64. The number of ether oxygens (including phenoxy) is 1. The summed E-state index contributed by atoms with van der Waals surface area (Å²) in [4.78, 5) is 0. The fourth-order valence-electron chi connectivity index (χ4n) is 1.61. The normalized spacial score (nSPS) is 11.4. The van der Waals surface area contributed by atoms with E-state index in [1.165, 1.54) is 6.07 Å². The molecule has 6 heteroatoms. The molecule has 0 heterocycles.